The fraction of sp³-hybridized carbons (Fsp3) is 0.100. The summed E-state index contributed by atoms with van der Waals surface area (Å²) >= 11 is 6.26. The smallest absolute Gasteiger partial charge is 0.266 e. The molecule has 3 aromatic rings. The van der Waals surface area contributed by atoms with Gasteiger partial charge in [-0.2, -0.15) is 5.26 Å². The molecule has 0 saturated heterocycles. The quantitative estimate of drug-likeness (QED) is 0.745. The van der Waals surface area contributed by atoms with E-state index in [1.165, 1.54) is 0 Å². The number of H-pyrrole nitrogens is 1. The molecular weight excluding hydrogens is 336 g/mol. The van der Waals surface area contributed by atoms with Gasteiger partial charge in [0.05, 0.1) is 6.61 Å². The van der Waals surface area contributed by atoms with Crippen molar-refractivity contribution in [3.05, 3.63) is 75.5 Å². The predicted octanol–water partition coefficient (Wildman–Crippen LogP) is 4.63. The highest BCUT2D eigenvalue weighted by molar-refractivity contribution is 6.33. The molecule has 1 N–H and O–H groups in total. The molecule has 25 heavy (non-hydrogen) atoms. The summed E-state index contributed by atoms with van der Waals surface area (Å²) in [5.41, 5.74) is 2.20. The Labute approximate surface area is 150 Å². The van der Waals surface area contributed by atoms with E-state index in [9.17, 15) is 10.1 Å². The highest BCUT2D eigenvalue weighted by atomic mass is 35.5. The Balaban J connectivity index is 2.16. The van der Waals surface area contributed by atoms with Crippen LogP contribution in [0.15, 0.2) is 59.4 Å². The monoisotopic (exact) mass is 350 g/mol. The van der Waals surface area contributed by atoms with Crippen LogP contribution in [0.4, 0.5) is 0 Å². The third kappa shape index (κ3) is 3.42. The minimum atomic E-state index is -0.441. The van der Waals surface area contributed by atoms with Crippen LogP contribution in [0.1, 0.15) is 12.5 Å². The summed E-state index contributed by atoms with van der Waals surface area (Å²) in [5, 5.41) is 9.87. The number of nitrogens with zero attached hydrogens (tertiary/aromatic N) is 1. The summed E-state index contributed by atoms with van der Waals surface area (Å²) in [6, 6.07) is 18.3. The number of nitrogens with one attached hydrogen (secondary N) is 1. The average molecular weight is 351 g/mol. The summed E-state index contributed by atoms with van der Waals surface area (Å²) in [7, 11) is 0. The fourth-order valence-corrected chi connectivity index (χ4v) is 2.85. The van der Waals surface area contributed by atoms with E-state index in [1.807, 2.05) is 43.3 Å². The number of halogens is 1. The summed E-state index contributed by atoms with van der Waals surface area (Å²) in [6.45, 7) is 2.51. The summed E-state index contributed by atoms with van der Waals surface area (Å²) in [4.78, 5) is 15.1. The molecule has 1 aromatic heterocycles. The molecule has 0 aliphatic carbocycles. The van der Waals surface area contributed by atoms with E-state index in [4.69, 9.17) is 16.3 Å². The van der Waals surface area contributed by atoms with Crippen molar-refractivity contribution in [2.45, 2.75) is 6.92 Å². The van der Waals surface area contributed by atoms with Crippen LogP contribution in [0.3, 0.4) is 0 Å². The zero-order valence-corrected chi connectivity index (χ0v) is 14.3. The summed E-state index contributed by atoms with van der Waals surface area (Å²) in [6.07, 6.45) is 0. The van der Waals surface area contributed by atoms with Gasteiger partial charge in [-0.05, 0) is 48.9 Å². The highest BCUT2D eigenvalue weighted by Crippen LogP contribution is 2.31. The minimum absolute atomic E-state index is 0.0442. The van der Waals surface area contributed by atoms with Crippen molar-refractivity contribution < 1.29 is 4.74 Å². The van der Waals surface area contributed by atoms with Crippen LogP contribution in [0, 0.1) is 11.3 Å². The van der Waals surface area contributed by atoms with Gasteiger partial charge < -0.3 is 9.72 Å². The van der Waals surface area contributed by atoms with Crippen molar-refractivity contribution in [1.82, 2.24) is 4.98 Å². The molecule has 0 spiro atoms. The molecule has 0 radical (unpaired) electrons. The van der Waals surface area contributed by atoms with Crippen molar-refractivity contribution in [2.24, 2.45) is 0 Å². The van der Waals surface area contributed by atoms with E-state index in [0.29, 0.717) is 28.5 Å². The molecule has 3 rings (SSSR count). The van der Waals surface area contributed by atoms with Crippen molar-refractivity contribution in [3.8, 4) is 34.2 Å². The number of hydrogen-bond acceptors (Lipinski definition) is 3. The first-order chi connectivity index (χ1) is 12.1. The normalized spacial score (nSPS) is 10.3. The third-order valence-corrected chi connectivity index (χ3v) is 4.12. The summed E-state index contributed by atoms with van der Waals surface area (Å²) in [5.74, 6) is 0.758. The van der Waals surface area contributed by atoms with E-state index < -0.39 is 5.56 Å². The van der Waals surface area contributed by atoms with E-state index in [2.05, 4.69) is 4.98 Å². The Kier molecular flexibility index (Phi) is 4.87. The number of ether oxygens (including phenoxy) is 1. The molecule has 0 bridgehead atoms. The molecule has 0 amide bonds. The molecular formula is C20H15ClN2O2. The average Bonchev–Trinajstić information content (AvgIpc) is 2.62. The largest absolute Gasteiger partial charge is 0.494 e. The van der Waals surface area contributed by atoms with E-state index >= 15 is 0 Å². The van der Waals surface area contributed by atoms with E-state index in [0.717, 1.165) is 11.3 Å². The van der Waals surface area contributed by atoms with E-state index in [-0.39, 0.29) is 5.56 Å². The van der Waals surface area contributed by atoms with Gasteiger partial charge in [0.15, 0.2) is 0 Å². The number of aromatic nitrogens is 1. The van der Waals surface area contributed by atoms with Gasteiger partial charge in [-0.1, -0.05) is 29.8 Å². The van der Waals surface area contributed by atoms with Crippen LogP contribution in [0.2, 0.25) is 5.02 Å². The molecule has 0 atom stereocenters. The van der Waals surface area contributed by atoms with Crippen LogP contribution in [-0.2, 0) is 0 Å². The van der Waals surface area contributed by atoms with Gasteiger partial charge in [-0.15, -0.1) is 0 Å². The molecule has 0 aliphatic rings. The van der Waals surface area contributed by atoms with Crippen molar-refractivity contribution in [1.29, 1.82) is 5.26 Å². The second-order valence-electron chi connectivity index (χ2n) is 5.35. The number of pyridine rings is 1. The zero-order chi connectivity index (χ0) is 17.8. The molecule has 124 valence electrons. The predicted molar refractivity (Wildman–Crippen MR) is 98.8 cm³/mol. The van der Waals surface area contributed by atoms with Gasteiger partial charge in [0.25, 0.3) is 5.56 Å². The van der Waals surface area contributed by atoms with Gasteiger partial charge in [-0.25, -0.2) is 0 Å². The third-order valence-electron chi connectivity index (χ3n) is 3.79. The Morgan fingerprint density at radius 1 is 1.12 bits per heavy atom. The van der Waals surface area contributed by atoms with Crippen LogP contribution < -0.4 is 10.3 Å². The van der Waals surface area contributed by atoms with Crippen LogP contribution in [0.25, 0.3) is 22.4 Å². The first-order valence-corrected chi connectivity index (χ1v) is 8.17. The molecule has 1 heterocycles. The van der Waals surface area contributed by atoms with Gasteiger partial charge >= 0.3 is 0 Å². The maximum absolute atomic E-state index is 12.4. The lowest BCUT2D eigenvalue weighted by molar-refractivity contribution is 0.340. The number of benzene rings is 2. The Bertz CT molecular complexity index is 1000. The van der Waals surface area contributed by atoms with Crippen molar-refractivity contribution >= 4 is 11.6 Å². The van der Waals surface area contributed by atoms with Gasteiger partial charge in [0.1, 0.15) is 17.4 Å². The number of rotatable bonds is 4. The standard InChI is InChI=1S/C20H15ClN2O2/c1-2-25-14-9-7-13(8-10-14)19-11-16(17(12-22)20(24)23-19)15-5-3-4-6-18(15)21/h3-11H,2H2,1H3,(H,23,24). The summed E-state index contributed by atoms with van der Waals surface area (Å²) < 4.78 is 5.43. The fourth-order valence-electron chi connectivity index (χ4n) is 2.62. The maximum Gasteiger partial charge on any atom is 0.266 e. The Hall–Kier alpha value is -3.03. The number of nitriles is 1. The molecule has 5 heteroatoms. The molecule has 4 nitrogen and oxygen atoms in total. The van der Waals surface area contributed by atoms with Gasteiger partial charge in [0, 0.05) is 21.8 Å². The minimum Gasteiger partial charge on any atom is -0.494 e. The first-order valence-electron chi connectivity index (χ1n) is 7.79. The molecule has 0 aliphatic heterocycles. The van der Waals surface area contributed by atoms with Crippen molar-refractivity contribution in [2.75, 3.05) is 6.61 Å². The Morgan fingerprint density at radius 3 is 2.48 bits per heavy atom. The van der Waals surface area contributed by atoms with Crippen LogP contribution in [-0.4, -0.2) is 11.6 Å². The number of aromatic amines is 1. The van der Waals surface area contributed by atoms with Crippen LogP contribution >= 0.6 is 11.6 Å². The first kappa shape index (κ1) is 16.8. The molecule has 0 saturated carbocycles. The second-order valence-corrected chi connectivity index (χ2v) is 5.76. The van der Waals surface area contributed by atoms with Gasteiger partial charge in [-0.3, -0.25) is 4.79 Å². The lowest BCUT2D eigenvalue weighted by atomic mass is 9.99. The zero-order valence-electron chi connectivity index (χ0n) is 13.5. The topological polar surface area (TPSA) is 65.9 Å². The molecule has 0 unspecified atom stereocenters. The molecule has 0 fully saturated rings. The number of hydrogen-bond donors (Lipinski definition) is 1. The van der Waals surface area contributed by atoms with Gasteiger partial charge in [0.2, 0.25) is 0 Å². The van der Waals surface area contributed by atoms with E-state index in [1.54, 1.807) is 24.3 Å². The van der Waals surface area contributed by atoms with Crippen LogP contribution in [0.5, 0.6) is 5.75 Å². The maximum atomic E-state index is 12.4. The second kappa shape index (κ2) is 7.25. The van der Waals surface area contributed by atoms with Crippen molar-refractivity contribution in [3.63, 3.8) is 0 Å². The molecule has 2 aromatic carbocycles. The Morgan fingerprint density at radius 2 is 1.84 bits per heavy atom. The lowest BCUT2D eigenvalue weighted by Gasteiger charge is -2.10. The highest BCUT2D eigenvalue weighted by Gasteiger charge is 2.14. The lowest BCUT2D eigenvalue weighted by Crippen LogP contribution is -2.12. The SMILES string of the molecule is CCOc1ccc(-c2cc(-c3ccccc3Cl)c(C#N)c(=O)[nH]2)cc1.